The van der Waals surface area contributed by atoms with E-state index in [1.165, 1.54) is 42.5 Å². The van der Waals surface area contributed by atoms with E-state index in [0.717, 1.165) is 17.5 Å². The van der Waals surface area contributed by atoms with E-state index in [9.17, 15) is 19.5 Å². The fourth-order valence-corrected chi connectivity index (χ4v) is 4.90. The maximum atomic E-state index is 11.8. The minimum Gasteiger partial charge on any atom is -0.543 e. The second kappa shape index (κ2) is 9.49. The summed E-state index contributed by atoms with van der Waals surface area (Å²) in [4.78, 5) is 36.0. The molecule has 0 bridgehead atoms. The smallest absolute Gasteiger partial charge is 0.231 e. The molecule has 0 aliphatic carbocycles. The van der Waals surface area contributed by atoms with Crippen LogP contribution in [0.2, 0.25) is 0 Å². The highest BCUT2D eigenvalue weighted by molar-refractivity contribution is 8.29. The highest BCUT2D eigenvalue weighted by atomic mass is 32.2. The molecule has 0 saturated carbocycles. The van der Waals surface area contributed by atoms with E-state index in [2.05, 4.69) is 0 Å². The number of carbonyl (C=O) groups excluding carboxylic acids is 3. The summed E-state index contributed by atoms with van der Waals surface area (Å²) in [5.74, 6) is -0.459. The Kier molecular flexibility index (Phi) is 8.37. The summed E-state index contributed by atoms with van der Waals surface area (Å²) < 4.78 is 5.21. The molecule has 6 nitrogen and oxygen atoms in total. The van der Waals surface area contributed by atoms with Gasteiger partial charge in [-0.1, -0.05) is 6.92 Å². The van der Waals surface area contributed by atoms with Crippen molar-refractivity contribution in [3.63, 3.8) is 0 Å². The summed E-state index contributed by atoms with van der Waals surface area (Å²) >= 11 is 3.49. The minimum absolute atomic E-state index is 0.205. The predicted octanol–water partition coefficient (Wildman–Crippen LogP) is 0.876. The van der Waals surface area contributed by atoms with Crippen LogP contribution < -0.4 is 5.11 Å². The molecule has 9 heteroatoms. The molecule has 124 valence electrons. The highest BCUT2D eigenvalue weighted by Crippen LogP contribution is 2.40. The number of hydrogen-bond donors (Lipinski definition) is 0. The Balaban J connectivity index is 3.09. The highest BCUT2D eigenvalue weighted by Gasteiger charge is 2.40. The van der Waals surface area contributed by atoms with Gasteiger partial charge in [0, 0.05) is 19.8 Å². The van der Waals surface area contributed by atoms with Crippen LogP contribution in [-0.2, 0) is 19.1 Å². The van der Waals surface area contributed by atoms with Crippen molar-refractivity contribution in [2.45, 2.75) is 25.6 Å². The Labute approximate surface area is 142 Å². The topological polar surface area (TPSA) is 86.7 Å². The van der Waals surface area contributed by atoms with Crippen LogP contribution in [0.3, 0.4) is 0 Å². The molecular formula is C13H18NO5S3-. The zero-order chi connectivity index (χ0) is 16.7. The summed E-state index contributed by atoms with van der Waals surface area (Å²) in [6.45, 7) is 3.70. The third-order valence-electron chi connectivity index (χ3n) is 2.65. The van der Waals surface area contributed by atoms with E-state index >= 15 is 0 Å². The fraction of sp³-hybridized carbons (Fsp3) is 0.615. The molecular weight excluding hydrogens is 346 g/mol. The molecule has 1 heterocycles. The van der Waals surface area contributed by atoms with Crippen molar-refractivity contribution in [3.8, 4) is 0 Å². The van der Waals surface area contributed by atoms with Gasteiger partial charge >= 0.3 is 0 Å². The molecule has 1 atom stereocenters. The molecule has 1 aliphatic rings. The van der Waals surface area contributed by atoms with Gasteiger partial charge in [-0.05, 0) is 17.5 Å². The Morgan fingerprint density at radius 2 is 2.14 bits per heavy atom. The first-order valence-corrected chi connectivity index (χ1v) is 9.46. The first-order valence-electron chi connectivity index (χ1n) is 6.61. The molecule has 0 aromatic heterocycles. The van der Waals surface area contributed by atoms with Gasteiger partial charge in [0.05, 0.1) is 34.3 Å². The SMILES string of the molecule is CCSC1CC(=O)N1/C(C(=O)[O-])=C(\SCCOC)SC(C)=O. The van der Waals surface area contributed by atoms with Gasteiger partial charge < -0.3 is 14.6 Å². The molecule has 22 heavy (non-hydrogen) atoms. The summed E-state index contributed by atoms with van der Waals surface area (Å²) in [5, 5.41) is 11.1. The molecule has 0 aromatic rings. The Morgan fingerprint density at radius 3 is 2.59 bits per heavy atom. The van der Waals surface area contributed by atoms with Crippen molar-refractivity contribution in [2.75, 3.05) is 25.2 Å². The van der Waals surface area contributed by atoms with Crippen molar-refractivity contribution >= 4 is 52.3 Å². The average molecular weight is 364 g/mol. The van der Waals surface area contributed by atoms with Crippen molar-refractivity contribution in [3.05, 3.63) is 9.93 Å². The van der Waals surface area contributed by atoms with Crippen molar-refractivity contribution in [1.29, 1.82) is 0 Å². The number of carboxylic acid groups (broad SMARTS) is 1. The average Bonchev–Trinajstić information content (AvgIpc) is 2.43. The second-order valence-corrected chi connectivity index (χ2v) is 8.24. The van der Waals surface area contributed by atoms with Gasteiger partial charge in [-0.25, -0.2) is 0 Å². The van der Waals surface area contributed by atoms with E-state index in [0.29, 0.717) is 18.8 Å². The van der Waals surface area contributed by atoms with Gasteiger partial charge in [-0.3, -0.25) is 14.5 Å². The van der Waals surface area contributed by atoms with Gasteiger partial charge in [0.25, 0.3) is 0 Å². The van der Waals surface area contributed by atoms with Crippen LogP contribution in [0.1, 0.15) is 20.3 Å². The Hall–Kier alpha value is -0.640. The summed E-state index contributed by atoms with van der Waals surface area (Å²) in [6.07, 6.45) is 0.302. The van der Waals surface area contributed by atoms with E-state index < -0.39 is 5.97 Å². The summed E-state index contributed by atoms with van der Waals surface area (Å²) in [6, 6.07) is 0. The maximum Gasteiger partial charge on any atom is 0.231 e. The van der Waals surface area contributed by atoms with Crippen LogP contribution in [-0.4, -0.2) is 52.5 Å². The third-order valence-corrected chi connectivity index (χ3v) is 5.84. The van der Waals surface area contributed by atoms with Crippen LogP contribution >= 0.6 is 35.3 Å². The van der Waals surface area contributed by atoms with Gasteiger partial charge in [-0.2, -0.15) is 0 Å². The van der Waals surface area contributed by atoms with E-state index in [1.54, 1.807) is 0 Å². The predicted molar refractivity (Wildman–Crippen MR) is 88.0 cm³/mol. The normalized spacial score (nSPS) is 18.8. The third kappa shape index (κ3) is 5.22. The van der Waals surface area contributed by atoms with Crippen LogP contribution in [0.5, 0.6) is 0 Å². The fourth-order valence-electron chi connectivity index (χ4n) is 1.76. The van der Waals surface area contributed by atoms with E-state index in [1.807, 2.05) is 6.92 Å². The number of amides is 1. The Morgan fingerprint density at radius 1 is 1.45 bits per heavy atom. The largest absolute Gasteiger partial charge is 0.543 e. The van der Waals surface area contributed by atoms with Crippen LogP contribution in [0.4, 0.5) is 0 Å². The molecule has 0 radical (unpaired) electrons. The van der Waals surface area contributed by atoms with Gasteiger partial charge in [0.1, 0.15) is 0 Å². The molecule has 1 rings (SSSR count). The Bertz CT molecular complexity index is 480. The van der Waals surface area contributed by atoms with Crippen molar-refractivity contribution in [1.82, 2.24) is 4.90 Å². The molecule has 0 aromatic carbocycles. The number of carboxylic acids is 1. The molecule has 0 spiro atoms. The number of methoxy groups -OCH3 is 1. The van der Waals surface area contributed by atoms with Crippen LogP contribution in [0.15, 0.2) is 9.93 Å². The lowest BCUT2D eigenvalue weighted by Crippen LogP contribution is -2.53. The number of likely N-dealkylation sites (tertiary alicyclic amines) is 1. The molecule has 1 unspecified atom stereocenters. The molecule has 0 N–H and O–H groups in total. The first-order chi connectivity index (χ1) is 10.4. The first kappa shape index (κ1) is 19.4. The molecule has 1 aliphatic heterocycles. The van der Waals surface area contributed by atoms with Gasteiger partial charge in [0.15, 0.2) is 5.12 Å². The van der Waals surface area contributed by atoms with Gasteiger partial charge in [0.2, 0.25) is 5.91 Å². The number of β-lactam (4-membered cyclic amide) rings is 1. The lowest BCUT2D eigenvalue weighted by atomic mass is 10.2. The maximum absolute atomic E-state index is 11.8. The number of carbonyl (C=O) groups is 3. The van der Waals surface area contributed by atoms with Crippen LogP contribution in [0.25, 0.3) is 0 Å². The van der Waals surface area contributed by atoms with Crippen molar-refractivity contribution < 1.29 is 24.2 Å². The minimum atomic E-state index is -1.44. The number of aliphatic carboxylic acids is 1. The summed E-state index contributed by atoms with van der Waals surface area (Å²) in [5.41, 5.74) is -0.205. The van der Waals surface area contributed by atoms with Gasteiger partial charge in [-0.15, -0.1) is 23.5 Å². The zero-order valence-electron chi connectivity index (χ0n) is 12.6. The molecule has 1 saturated heterocycles. The zero-order valence-corrected chi connectivity index (χ0v) is 15.1. The number of thioether (sulfide) groups is 3. The lowest BCUT2D eigenvalue weighted by molar-refractivity contribution is -0.301. The quantitative estimate of drug-likeness (QED) is 0.338. The number of ether oxygens (including phenoxy) is 1. The number of hydrogen-bond acceptors (Lipinski definition) is 8. The number of rotatable bonds is 9. The van der Waals surface area contributed by atoms with E-state index in [4.69, 9.17) is 4.74 Å². The summed E-state index contributed by atoms with van der Waals surface area (Å²) in [7, 11) is 1.54. The number of nitrogens with zero attached hydrogens (tertiary/aromatic N) is 1. The standard InChI is InChI=1S/C13H19NO5S3/c1-4-20-10-7-9(16)14(10)11(12(17)18)13(22-8(2)15)21-6-5-19-3/h10H,4-7H2,1-3H3,(H,17,18)/p-1/b13-11+. The monoisotopic (exact) mass is 364 g/mol. The second-order valence-electron chi connectivity index (χ2n) is 4.24. The molecule has 1 fully saturated rings. The van der Waals surface area contributed by atoms with E-state index in [-0.39, 0.29) is 26.3 Å². The van der Waals surface area contributed by atoms with Crippen molar-refractivity contribution in [2.24, 2.45) is 0 Å². The van der Waals surface area contributed by atoms with Crippen LogP contribution in [0, 0.1) is 0 Å². The lowest BCUT2D eigenvalue weighted by Gasteiger charge is -2.42. The molecule has 1 amide bonds.